The first-order chi connectivity index (χ1) is 6.18. The molecule has 2 rings (SSSR count). The van der Waals surface area contributed by atoms with Gasteiger partial charge in [-0.1, -0.05) is 11.6 Å². The van der Waals surface area contributed by atoms with E-state index in [1.807, 2.05) is 0 Å². The molecule has 1 aromatic carbocycles. The van der Waals surface area contributed by atoms with Crippen molar-refractivity contribution in [3.63, 3.8) is 0 Å². The second kappa shape index (κ2) is 4.47. The van der Waals surface area contributed by atoms with E-state index < -0.39 is 0 Å². The van der Waals surface area contributed by atoms with Crippen molar-refractivity contribution in [1.29, 1.82) is 0 Å². The van der Waals surface area contributed by atoms with E-state index in [1.54, 1.807) is 6.07 Å². The molecule has 4 heteroatoms. The highest BCUT2D eigenvalue weighted by Gasteiger charge is 2.30. The average molecular weight is 236 g/mol. The molecule has 0 saturated heterocycles. The van der Waals surface area contributed by atoms with Crippen molar-refractivity contribution >= 4 is 24.0 Å². The summed E-state index contributed by atoms with van der Waals surface area (Å²) in [6.45, 7) is 0. The summed E-state index contributed by atoms with van der Waals surface area (Å²) in [4.78, 5) is 0. The summed E-state index contributed by atoms with van der Waals surface area (Å²) < 4.78 is 12.9. The molecule has 0 heterocycles. The molecular weight excluding hydrogens is 224 g/mol. The average Bonchev–Trinajstić information content (AvgIpc) is 2.91. The van der Waals surface area contributed by atoms with Crippen LogP contribution in [0, 0.1) is 11.7 Å². The van der Waals surface area contributed by atoms with Gasteiger partial charge in [0.25, 0.3) is 0 Å². The summed E-state index contributed by atoms with van der Waals surface area (Å²) in [6.07, 6.45) is 2.27. The summed E-state index contributed by atoms with van der Waals surface area (Å²) in [5, 5.41) is 0.570. The largest absolute Gasteiger partial charge is 0.324 e. The Morgan fingerprint density at radius 3 is 2.64 bits per heavy atom. The van der Waals surface area contributed by atoms with Crippen molar-refractivity contribution < 1.29 is 4.39 Å². The van der Waals surface area contributed by atoms with Crippen LogP contribution in [0.2, 0.25) is 5.02 Å². The summed E-state index contributed by atoms with van der Waals surface area (Å²) >= 11 is 5.92. The SMILES string of the molecule is Cl.N[C@H](c1cc(F)ccc1Cl)C1CC1. The monoisotopic (exact) mass is 235 g/mol. The number of hydrogen-bond acceptors (Lipinski definition) is 1. The molecule has 1 saturated carbocycles. The van der Waals surface area contributed by atoms with E-state index in [0.29, 0.717) is 10.9 Å². The second-order valence-electron chi connectivity index (χ2n) is 3.53. The van der Waals surface area contributed by atoms with Gasteiger partial charge in [0.1, 0.15) is 5.82 Å². The van der Waals surface area contributed by atoms with Crippen LogP contribution in [0.25, 0.3) is 0 Å². The molecule has 0 unspecified atom stereocenters. The third kappa shape index (κ3) is 2.38. The van der Waals surface area contributed by atoms with Gasteiger partial charge in [0.2, 0.25) is 0 Å². The van der Waals surface area contributed by atoms with Crippen LogP contribution in [0.1, 0.15) is 24.4 Å². The third-order valence-corrected chi connectivity index (χ3v) is 2.79. The van der Waals surface area contributed by atoms with Gasteiger partial charge in [-0.25, -0.2) is 4.39 Å². The predicted molar refractivity (Wildman–Crippen MR) is 58.3 cm³/mol. The maximum Gasteiger partial charge on any atom is 0.123 e. The standard InChI is InChI=1S/C10H11ClFN.ClH/c11-9-4-3-7(12)5-8(9)10(13)6-1-2-6;/h3-6,10H,1-2,13H2;1H/t10-;/m0./s1. The Kier molecular flexibility index (Phi) is 3.76. The highest BCUT2D eigenvalue weighted by Crippen LogP contribution is 2.41. The molecule has 2 N–H and O–H groups in total. The lowest BCUT2D eigenvalue weighted by Crippen LogP contribution is -2.13. The lowest BCUT2D eigenvalue weighted by Gasteiger charge is -2.12. The molecular formula is C10H12Cl2FN. The van der Waals surface area contributed by atoms with Crippen molar-refractivity contribution in [2.75, 3.05) is 0 Å². The van der Waals surface area contributed by atoms with Gasteiger partial charge in [0.05, 0.1) is 0 Å². The Morgan fingerprint density at radius 1 is 1.43 bits per heavy atom. The zero-order chi connectivity index (χ0) is 9.42. The molecule has 1 fully saturated rings. The number of hydrogen-bond donors (Lipinski definition) is 1. The molecule has 0 spiro atoms. The molecule has 0 radical (unpaired) electrons. The van der Waals surface area contributed by atoms with Crippen molar-refractivity contribution in [2.45, 2.75) is 18.9 Å². The quantitative estimate of drug-likeness (QED) is 0.837. The number of rotatable bonds is 2. The van der Waals surface area contributed by atoms with Gasteiger partial charge in [-0.3, -0.25) is 0 Å². The Morgan fingerprint density at radius 2 is 2.07 bits per heavy atom. The fourth-order valence-corrected chi connectivity index (χ4v) is 1.72. The molecule has 0 amide bonds. The minimum Gasteiger partial charge on any atom is -0.324 e. The number of benzene rings is 1. The maximum absolute atomic E-state index is 12.9. The lowest BCUT2D eigenvalue weighted by atomic mass is 10.0. The van der Waals surface area contributed by atoms with Gasteiger partial charge in [-0.05, 0) is 42.5 Å². The molecule has 1 atom stereocenters. The molecule has 1 aromatic rings. The smallest absolute Gasteiger partial charge is 0.123 e. The minimum absolute atomic E-state index is 0. The summed E-state index contributed by atoms with van der Waals surface area (Å²) in [6, 6.07) is 4.26. The minimum atomic E-state index is -0.268. The maximum atomic E-state index is 12.9. The first-order valence-corrected chi connectivity index (χ1v) is 4.77. The van der Waals surface area contributed by atoms with Crippen LogP contribution in [0.4, 0.5) is 4.39 Å². The lowest BCUT2D eigenvalue weighted by molar-refractivity contribution is 0.602. The van der Waals surface area contributed by atoms with Crippen LogP contribution in [0.15, 0.2) is 18.2 Å². The molecule has 78 valence electrons. The van der Waals surface area contributed by atoms with Crippen LogP contribution >= 0.6 is 24.0 Å². The molecule has 0 bridgehead atoms. The Labute approximate surface area is 93.8 Å². The van der Waals surface area contributed by atoms with Gasteiger partial charge in [0.15, 0.2) is 0 Å². The zero-order valence-corrected chi connectivity index (χ0v) is 9.11. The van der Waals surface area contributed by atoms with Crippen LogP contribution in [-0.2, 0) is 0 Å². The highest BCUT2D eigenvalue weighted by molar-refractivity contribution is 6.31. The molecule has 0 aromatic heterocycles. The normalized spacial score (nSPS) is 17.4. The van der Waals surface area contributed by atoms with Gasteiger partial charge < -0.3 is 5.73 Å². The van der Waals surface area contributed by atoms with Crippen LogP contribution in [-0.4, -0.2) is 0 Å². The van der Waals surface area contributed by atoms with E-state index in [9.17, 15) is 4.39 Å². The van der Waals surface area contributed by atoms with Crippen molar-refractivity contribution in [3.8, 4) is 0 Å². The molecule has 1 nitrogen and oxygen atoms in total. The Balaban J connectivity index is 0.000000980. The molecule has 1 aliphatic rings. The van der Waals surface area contributed by atoms with E-state index in [1.165, 1.54) is 12.1 Å². The highest BCUT2D eigenvalue weighted by atomic mass is 35.5. The van der Waals surface area contributed by atoms with Crippen molar-refractivity contribution in [3.05, 3.63) is 34.6 Å². The first-order valence-electron chi connectivity index (χ1n) is 4.39. The molecule has 14 heavy (non-hydrogen) atoms. The van der Waals surface area contributed by atoms with E-state index in [2.05, 4.69) is 0 Å². The van der Waals surface area contributed by atoms with Crippen molar-refractivity contribution in [1.82, 2.24) is 0 Å². The third-order valence-electron chi connectivity index (χ3n) is 2.45. The fourth-order valence-electron chi connectivity index (χ4n) is 1.48. The molecule has 1 aliphatic carbocycles. The van der Waals surface area contributed by atoms with E-state index in [0.717, 1.165) is 18.4 Å². The Bertz CT molecular complexity index is 326. The van der Waals surface area contributed by atoms with Gasteiger partial charge >= 0.3 is 0 Å². The molecule has 0 aliphatic heterocycles. The van der Waals surface area contributed by atoms with E-state index >= 15 is 0 Å². The second-order valence-corrected chi connectivity index (χ2v) is 3.94. The summed E-state index contributed by atoms with van der Waals surface area (Å²) in [5.74, 6) is 0.231. The first kappa shape index (κ1) is 11.8. The van der Waals surface area contributed by atoms with Gasteiger partial charge in [-0.2, -0.15) is 0 Å². The topological polar surface area (TPSA) is 26.0 Å². The predicted octanol–water partition coefficient (Wildman–Crippen LogP) is 3.31. The summed E-state index contributed by atoms with van der Waals surface area (Å²) in [7, 11) is 0. The fraction of sp³-hybridized carbons (Fsp3) is 0.400. The van der Waals surface area contributed by atoms with Gasteiger partial charge in [-0.15, -0.1) is 12.4 Å². The Hall–Kier alpha value is -0.310. The summed E-state index contributed by atoms with van der Waals surface area (Å²) in [5.41, 5.74) is 6.66. The van der Waals surface area contributed by atoms with Crippen LogP contribution in [0.5, 0.6) is 0 Å². The van der Waals surface area contributed by atoms with Gasteiger partial charge in [0, 0.05) is 11.1 Å². The van der Waals surface area contributed by atoms with E-state index in [-0.39, 0.29) is 24.3 Å². The van der Waals surface area contributed by atoms with E-state index in [4.69, 9.17) is 17.3 Å². The van der Waals surface area contributed by atoms with Crippen molar-refractivity contribution in [2.24, 2.45) is 11.7 Å². The zero-order valence-electron chi connectivity index (χ0n) is 7.54. The van der Waals surface area contributed by atoms with Crippen LogP contribution in [0.3, 0.4) is 0 Å². The van der Waals surface area contributed by atoms with Crippen LogP contribution < -0.4 is 5.73 Å². The number of halogens is 3. The number of nitrogens with two attached hydrogens (primary N) is 1.